The molecule has 2 N–H and O–H groups in total. The number of hydrogen-bond acceptors (Lipinski definition) is 2. The zero-order valence-corrected chi connectivity index (χ0v) is 13.1. The topological polar surface area (TPSA) is 29.3 Å². The summed E-state index contributed by atoms with van der Waals surface area (Å²) in [6, 6.07) is 13.4. The molecule has 0 unspecified atom stereocenters. The molecule has 0 amide bonds. The van der Waals surface area contributed by atoms with E-state index in [4.69, 9.17) is 18.0 Å². The van der Waals surface area contributed by atoms with Crippen LogP contribution in [0.25, 0.3) is 0 Å². The normalized spacial score (nSPS) is 10.4. The van der Waals surface area contributed by atoms with E-state index in [1.807, 2.05) is 24.1 Å². The summed E-state index contributed by atoms with van der Waals surface area (Å²) in [7, 11) is 1.94. The molecule has 0 spiro atoms. The van der Waals surface area contributed by atoms with Crippen LogP contribution in [0.1, 0.15) is 23.6 Å². The molecule has 0 aromatic heterocycles. The van der Waals surface area contributed by atoms with E-state index in [-0.39, 0.29) is 10.8 Å². The maximum absolute atomic E-state index is 14.3. The van der Waals surface area contributed by atoms with E-state index in [9.17, 15) is 4.39 Å². The lowest BCUT2D eigenvalue weighted by atomic mass is 10.1. The van der Waals surface area contributed by atoms with E-state index in [2.05, 4.69) is 19.1 Å². The number of anilines is 1. The molecule has 2 nitrogen and oxygen atoms in total. The van der Waals surface area contributed by atoms with Gasteiger partial charge >= 0.3 is 0 Å². The summed E-state index contributed by atoms with van der Waals surface area (Å²) in [6.45, 7) is 2.59. The predicted octanol–water partition coefficient (Wildman–Crippen LogP) is 3.66. The average Bonchev–Trinajstić information content (AvgIpc) is 2.49. The fourth-order valence-electron chi connectivity index (χ4n) is 2.23. The van der Waals surface area contributed by atoms with Crippen molar-refractivity contribution >= 4 is 22.9 Å². The van der Waals surface area contributed by atoms with Gasteiger partial charge in [0.25, 0.3) is 0 Å². The first-order chi connectivity index (χ1) is 10.0. The number of benzene rings is 2. The second-order valence-corrected chi connectivity index (χ2v) is 5.46. The molecule has 110 valence electrons. The van der Waals surface area contributed by atoms with Crippen molar-refractivity contribution in [3.05, 3.63) is 65.0 Å². The molecule has 0 atom stereocenters. The monoisotopic (exact) mass is 302 g/mol. The van der Waals surface area contributed by atoms with Crippen LogP contribution in [-0.4, -0.2) is 12.0 Å². The van der Waals surface area contributed by atoms with Crippen molar-refractivity contribution in [1.82, 2.24) is 0 Å². The Morgan fingerprint density at radius 1 is 1.19 bits per heavy atom. The van der Waals surface area contributed by atoms with Gasteiger partial charge in [0.2, 0.25) is 0 Å². The van der Waals surface area contributed by atoms with Crippen LogP contribution in [-0.2, 0) is 13.0 Å². The van der Waals surface area contributed by atoms with Crippen LogP contribution in [0, 0.1) is 5.82 Å². The Labute approximate surface area is 130 Å². The summed E-state index contributed by atoms with van der Waals surface area (Å²) in [5.74, 6) is -0.331. The van der Waals surface area contributed by atoms with Crippen LogP contribution in [0.2, 0.25) is 0 Å². The summed E-state index contributed by atoms with van der Waals surface area (Å²) in [6.07, 6.45) is 1.01. The Kier molecular flexibility index (Phi) is 4.91. The minimum atomic E-state index is -0.331. The molecular weight excluding hydrogens is 283 g/mol. The zero-order chi connectivity index (χ0) is 15.4. The molecule has 0 saturated carbocycles. The van der Waals surface area contributed by atoms with Gasteiger partial charge in [-0.1, -0.05) is 43.4 Å². The van der Waals surface area contributed by atoms with E-state index < -0.39 is 0 Å². The van der Waals surface area contributed by atoms with Crippen LogP contribution < -0.4 is 10.6 Å². The second kappa shape index (κ2) is 6.68. The number of aryl methyl sites for hydroxylation is 1. The Morgan fingerprint density at radius 2 is 1.86 bits per heavy atom. The zero-order valence-electron chi connectivity index (χ0n) is 12.3. The number of halogens is 1. The first-order valence-electron chi connectivity index (χ1n) is 6.90. The van der Waals surface area contributed by atoms with Gasteiger partial charge < -0.3 is 10.6 Å². The van der Waals surface area contributed by atoms with Crippen LogP contribution in [0.15, 0.2) is 42.5 Å². The van der Waals surface area contributed by atoms with Crippen LogP contribution in [0.4, 0.5) is 10.1 Å². The first-order valence-corrected chi connectivity index (χ1v) is 7.31. The summed E-state index contributed by atoms with van der Waals surface area (Å²) in [4.78, 5) is 2.09. The van der Waals surface area contributed by atoms with Crippen molar-refractivity contribution in [2.75, 3.05) is 11.9 Å². The van der Waals surface area contributed by atoms with E-state index >= 15 is 0 Å². The van der Waals surface area contributed by atoms with Gasteiger partial charge in [-0.05, 0) is 30.2 Å². The molecule has 0 radical (unpaired) electrons. The van der Waals surface area contributed by atoms with Gasteiger partial charge in [0.15, 0.2) is 0 Å². The fourth-order valence-corrected chi connectivity index (χ4v) is 2.38. The fraction of sp³-hybridized carbons (Fsp3) is 0.235. The molecule has 2 rings (SSSR count). The van der Waals surface area contributed by atoms with Gasteiger partial charge in [-0.2, -0.15) is 0 Å². The van der Waals surface area contributed by atoms with Gasteiger partial charge in [0.05, 0.1) is 0 Å². The van der Waals surface area contributed by atoms with Crippen molar-refractivity contribution < 1.29 is 4.39 Å². The minimum absolute atomic E-state index is 0.0873. The van der Waals surface area contributed by atoms with Crippen molar-refractivity contribution in [3.63, 3.8) is 0 Å². The Hall–Kier alpha value is -1.94. The highest BCUT2D eigenvalue weighted by atomic mass is 32.1. The molecule has 2 aromatic rings. The molecule has 0 bridgehead atoms. The maximum Gasteiger partial charge on any atom is 0.138 e. The minimum Gasteiger partial charge on any atom is -0.389 e. The van der Waals surface area contributed by atoms with Crippen LogP contribution in [0.5, 0.6) is 0 Å². The molecule has 0 fully saturated rings. The molecule has 2 aromatic carbocycles. The van der Waals surface area contributed by atoms with E-state index in [0.717, 1.165) is 12.1 Å². The number of rotatable bonds is 5. The van der Waals surface area contributed by atoms with Gasteiger partial charge in [-0.15, -0.1) is 0 Å². The smallest absolute Gasteiger partial charge is 0.138 e. The van der Waals surface area contributed by atoms with Crippen LogP contribution >= 0.6 is 12.2 Å². The highest BCUT2D eigenvalue weighted by Gasteiger charge is 2.12. The van der Waals surface area contributed by atoms with Crippen LogP contribution in [0.3, 0.4) is 0 Å². The first kappa shape index (κ1) is 15.4. The number of hydrogen-bond donors (Lipinski definition) is 1. The Balaban J connectivity index is 2.20. The van der Waals surface area contributed by atoms with Gasteiger partial charge in [0.1, 0.15) is 10.8 Å². The third kappa shape index (κ3) is 3.58. The predicted molar refractivity (Wildman–Crippen MR) is 90.2 cm³/mol. The lowest BCUT2D eigenvalue weighted by molar-refractivity contribution is 0.605. The number of nitrogens with two attached hydrogens (primary N) is 1. The molecule has 0 aliphatic carbocycles. The third-order valence-electron chi connectivity index (χ3n) is 3.54. The lowest BCUT2D eigenvalue weighted by Gasteiger charge is -2.20. The Morgan fingerprint density at radius 3 is 2.43 bits per heavy atom. The quantitative estimate of drug-likeness (QED) is 0.855. The van der Waals surface area contributed by atoms with Gasteiger partial charge in [-0.3, -0.25) is 0 Å². The highest BCUT2D eigenvalue weighted by molar-refractivity contribution is 7.80. The standard InChI is InChI=1S/C17H19FN2S/c1-3-12-7-9-14(10-8-12)20(2)11-13-5-4-6-15(16(13)18)17(19)21/h4-10H,3,11H2,1-2H3,(H2,19,21). The average molecular weight is 302 g/mol. The molecule has 0 saturated heterocycles. The molecular formula is C17H19FN2S. The largest absolute Gasteiger partial charge is 0.389 e. The molecule has 0 aliphatic heterocycles. The third-order valence-corrected chi connectivity index (χ3v) is 3.76. The molecule has 4 heteroatoms. The molecule has 0 heterocycles. The van der Waals surface area contributed by atoms with Crippen molar-refractivity contribution in [2.45, 2.75) is 19.9 Å². The van der Waals surface area contributed by atoms with E-state index in [1.54, 1.807) is 18.2 Å². The summed E-state index contributed by atoms with van der Waals surface area (Å²) in [5, 5.41) is 0. The van der Waals surface area contributed by atoms with Crippen molar-refractivity contribution in [2.24, 2.45) is 5.73 Å². The second-order valence-electron chi connectivity index (χ2n) is 5.02. The van der Waals surface area contributed by atoms with Crippen molar-refractivity contribution in [3.8, 4) is 0 Å². The molecule has 21 heavy (non-hydrogen) atoms. The number of nitrogens with zero attached hydrogens (tertiary/aromatic N) is 1. The van der Waals surface area contributed by atoms with Gasteiger partial charge in [0, 0.05) is 30.4 Å². The summed E-state index contributed by atoms with van der Waals surface area (Å²) in [5.41, 5.74) is 8.76. The van der Waals surface area contributed by atoms with Crippen molar-refractivity contribution in [1.29, 1.82) is 0 Å². The van der Waals surface area contributed by atoms with Gasteiger partial charge in [-0.25, -0.2) is 4.39 Å². The summed E-state index contributed by atoms with van der Waals surface area (Å²) >= 11 is 4.87. The van der Waals surface area contributed by atoms with E-state index in [1.165, 1.54) is 5.56 Å². The van der Waals surface area contributed by atoms with E-state index in [0.29, 0.717) is 17.7 Å². The Bertz CT molecular complexity index is 638. The molecule has 0 aliphatic rings. The lowest BCUT2D eigenvalue weighted by Crippen LogP contribution is -2.19. The summed E-state index contributed by atoms with van der Waals surface area (Å²) < 4.78 is 14.3. The SMILES string of the molecule is CCc1ccc(N(C)Cc2cccc(C(N)=S)c2F)cc1. The highest BCUT2D eigenvalue weighted by Crippen LogP contribution is 2.19. The maximum atomic E-state index is 14.3. The number of thiocarbonyl (C=S) groups is 1.